The topological polar surface area (TPSA) is 60.9 Å². The van der Waals surface area contributed by atoms with E-state index in [-0.39, 0.29) is 30.2 Å². The second-order valence-corrected chi connectivity index (χ2v) is 6.48. The molecule has 6 nitrogen and oxygen atoms in total. The number of benzene rings is 1. The Morgan fingerprint density at radius 1 is 0.960 bits per heavy atom. The molecule has 3 amide bonds. The first-order valence-electron chi connectivity index (χ1n) is 8.56. The lowest BCUT2D eigenvalue weighted by atomic mass is 9.93. The van der Waals surface area contributed by atoms with Gasteiger partial charge in [-0.2, -0.15) is 0 Å². The van der Waals surface area contributed by atoms with E-state index in [1.807, 2.05) is 30.3 Å². The van der Waals surface area contributed by atoms with E-state index in [9.17, 15) is 14.4 Å². The highest BCUT2D eigenvalue weighted by atomic mass is 16.2. The van der Waals surface area contributed by atoms with Crippen LogP contribution in [0.5, 0.6) is 0 Å². The quantitative estimate of drug-likeness (QED) is 0.822. The molecule has 0 bridgehead atoms. The predicted molar refractivity (Wildman–Crippen MR) is 94.2 cm³/mol. The van der Waals surface area contributed by atoms with Crippen molar-refractivity contribution in [1.29, 1.82) is 0 Å². The molecule has 0 spiro atoms. The second kappa shape index (κ2) is 7.09. The van der Waals surface area contributed by atoms with Gasteiger partial charge in [-0.3, -0.25) is 14.4 Å². The van der Waals surface area contributed by atoms with Crippen LogP contribution in [0.3, 0.4) is 0 Å². The fourth-order valence-corrected chi connectivity index (χ4v) is 3.48. The van der Waals surface area contributed by atoms with E-state index in [0.29, 0.717) is 26.2 Å². The summed E-state index contributed by atoms with van der Waals surface area (Å²) < 4.78 is 0. The number of carbonyl (C=O) groups excluding carboxylic acids is 3. The average Bonchev–Trinajstić information content (AvgIpc) is 2.61. The Morgan fingerprint density at radius 2 is 1.60 bits per heavy atom. The SMILES string of the molecule is CC(=O)N1CCN(C(=O)CC2c3ccccc3C=CN2C(C)=O)CC1. The number of hydrogen-bond donors (Lipinski definition) is 0. The molecule has 0 aliphatic carbocycles. The van der Waals surface area contributed by atoms with Gasteiger partial charge in [-0.1, -0.05) is 24.3 Å². The zero-order valence-electron chi connectivity index (χ0n) is 14.6. The zero-order chi connectivity index (χ0) is 18.0. The lowest BCUT2D eigenvalue weighted by molar-refractivity contribution is -0.140. The maximum Gasteiger partial charge on any atom is 0.225 e. The third kappa shape index (κ3) is 3.57. The molecular weight excluding hydrogens is 318 g/mol. The van der Waals surface area contributed by atoms with Crippen molar-refractivity contribution >= 4 is 23.8 Å². The van der Waals surface area contributed by atoms with Crippen molar-refractivity contribution in [3.8, 4) is 0 Å². The van der Waals surface area contributed by atoms with E-state index in [4.69, 9.17) is 0 Å². The molecule has 1 atom stereocenters. The number of fused-ring (bicyclic) bond motifs is 1. The molecule has 0 N–H and O–H groups in total. The van der Waals surface area contributed by atoms with Crippen LogP contribution in [-0.2, 0) is 14.4 Å². The number of piperazine rings is 1. The summed E-state index contributed by atoms with van der Waals surface area (Å²) in [6.07, 6.45) is 3.92. The predicted octanol–water partition coefficient (Wildman–Crippen LogP) is 1.64. The molecule has 1 aromatic carbocycles. The number of carbonyl (C=O) groups is 3. The normalized spacial score (nSPS) is 19.6. The molecule has 1 fully saturated rings. The van der Waals surface area contributed by atoms with Crippen LogP contribution in [0.1, 0.15) is 37.4 Å². The maximum absolute atomic E-state index is 12.8. The van der Waals surface area contributed by atoms with Gasteiger partial charge in [0.15, 0.2) is 0 Å². The molecule has 0 radical (unpaired) electrons. The van der Waals surface area contributed by atoms with Crippen LogP contribution in [0, 0.1) is 0 Å². The van der Waals surface area contributed by atoms with Gasteiger partial charge in [0, 0.05) is 46.2 Å². The maximum atomic E-state index is 12.8. The minimum absolute atomic E-state index is 0.0181. The highest BCUT2D eigenvalue weighted by molar-refractivity contribution is 5.82. The van der Waals surface area contributed by atoms with E-state index in [1.54, 1.807) is 27.8 Å². The van der Waals surface area contributed by atoms with Gasteiger partial charge in [-0.05, 0) is 17.2 Å². The summed E-state index contributed by atoms with van der Waals surface area (Å²) in [4.78, 5) is 41.4. The van der Waals surface area contributed by atoms with Gasteiger partial charge in [0.25, 0.3) is 0 Å². The molecular formula is C19H23N3O3. The van der Waals surface area contributed by atoms with Crippen LogP contribution in [0.4, 0.5) is 0 Å². The van der Waals surface area contributed by atoms with Crippen LogP contribution in [0.15, 0.2) is 30.5 Å². The number of amides is 3. The highest BCUT2D eigenvalue weighted by Gasteiger charge is 2.31. The monoisotopic (exact) mass is 341 g/mol. The first-order valence-corrected chi connectivity index (χ1v) is 8.56. The molecule has 3 rings (SSSR count). The Kier molecular flexibility index (Phi) is 4.88. The molecule has 25 heavy (non-hydrogen) atoms. The Labute approximate surface area is 147 Å². The smallest absolute Gasteiger partial charge is 0.225 e. The molecule has 6 heteroatoms. The molecule has 2 aliphatic rings. The first-order chi connectivity index (χ1) is 12.0. The summed E-state index contributed by atoms with van der Waals surface area (Å²) in [5.74, 6) is -0.0179. The summed E-state index contributed by atoms with van der Waals surface area (Å²) in [6.45, 7) is 5.29. The van der Waals surface area contributed by atoms with Crippen molar-refractivity contribution in [3.63, 3.8) is 0 Å². The van der Waals surface area contributed by atoms with Crippen LogP contribution >= 0.6 is 0 Å². The molecule has 132 valence electrons. The highest BCUT2D eigenvalue weighted by Crippen LogP contribution is 2.33. The van der Waals surface area contributed by atoms with E-state index in [0.717, 1.165) is 11.1 Å². The van der Waals surface area contributed by atoms with Gasteiger partial charge in [0.1, 0.15) is 0 Å². The van der Waals surface area contributed by atoms with E-state index in [2.05, 4.69) is 0 Å². The first kappa shape index (κ1) is 17.2. The summed E-state index contributed by atoms with van der Waals surface area (Å²) in [6, 6.07) is 7.57. The Balaban J connectivity index is 1.74. The van der Waals surface area contributed by atoms with Gasteiger partial charge >= 0.3 is 0 Å². The van der Waals surface area contributed by atoms with Crippen molar-refractivity contribution in [3.05, 3.63) is 41.6 Å². The van der Waals surface area contributed by atoms with Crippen molar-refractivity contribution in [2.24, 2.45) is 0 Å². The summed E-state index contributed by atoms with van der Waals surface area (Å²) in [5.41, 5.74) is 2.04. The van der Waals surface area contributed by atoms with Crippen molar-refractivity contribution in [2.75, 3.05) is 26.2 Å². The van der Waals surface area contributed by atoms with Gasteiger partial charge in [-0.15, -0.1) is 0 Å². The largest absolute Gasteiger partial charge is 0.339 e. The van der Waals surface area contributed by atoms with E-state index < -0.39 is 0 Å². The van der Waals surface area contributed by atoms with E-state index >= 15 is 0 Å². The van der Waals surface area contributed by atoms with Crippen LogP contribution < -0.4 is 0 Å². The summed E-state index contributed by atoms with van der Waals surface area (Å²) in [7, 11) is 0. The molecule has 2 aliphatic heterocycles. The average molecular weight is 341 g/mol. The molecule has 0 saturated carbocycles. The zero-order valence-corrected chi connectivity index (χ0v) is 14.6. The molecule has 1 saturated heterocycles. The standard InChI is InChI=1S/C19H23N3O3/c1-14(23)20-9-11-21(12-10-20)19(25)13-18-17-6-4-3-5-16(17)7-8-22(18)15(2)24/h3-8,18H,9-13H2,1-2H3. The Hall–Kier alpha value is -2.63. The molecule has 1 unspecified atom stereocenters. The summed E-state index contributed by atoms with van der Waals surface area (Å²) >= 11 is 0. The minimum Gasteiger partial charge on any atom is -0.339 e. The Bertz CT molecular complexity index is 720. The fourth-order valence-electron chi connectivity index (χ4n) is 3.48. The fraction of sp³-hybridized carbons (Fsp3) is 0.421. The van der Waals surface area contributed by atoms with Crippen LogP contribution in [-0.4, -0.2) is 58.6 Å². The molecule has 2 heterocycles. The van der Waals surface area contributed by atoms with Crippen LogP contribution in [0.2, 0.25) is 0 Å². The van der Waals surface area contributed by atoms with Gasteiger partial charge in [0.2, 0.25) is 17.7 Å². The lowest BCUT2D eigenvalue weighted by Crippen LogP contribution is -2.50. The van der Waals surface area contributed by atoms with Crippen molar-refractivity contribution in [1.82, 2.24) is 14.7 Å². The molecule has 0 aromatic heterocycles. The van der Waals surface area contributed by atoms with Crippen molar-refractivity contribution < 1.29 is 14.4 Å². The third-order valence-electron chi connectivity index (χ3n) is 4.91. The third-order valence-corrected chi connectivity index (χ3v) is 4.91. The number of rotatable bonds is 2. The number of nitrogens with zero attached hydrogens (tertiary/aromatic N) is 3. The van der Waals surface area contributed by atoms with Crippen molar-refractivity contribution in [2.45, 2.75) is 26.3 Å². The van der Waals surface area contributed by atoms with E-state index in [1.165, 1.54) is 6.92 Å². The summed E-state index contributed by atoms with van der Waals surface area (Å²) in [5, 5.41) is 0. The number of hydrogen-bond acceptors (Lipinski definition) is 3. The van der Waals surface area contributed by atoms with Gasteiger partial charge < -0.3 is 14.7 Å². The lowest BCUT2D eigenvalue weighted by Gasteiger charge is -2.37. The van der Waals surface area contributed by atoms with Crippen LogP contribution in [0.25, 0.3) is 6.08 Å². The molecule has 1 aromatic rings. The van der Waals surface area contributed by atoms with Gasteiger partial charge in [-0.25, -0.2) is 0 Å². The second-order valence-electron chi connectivity index (χ2n) is 6.48. The Morgan fingerprint density at radius 3 is 2.24 bits per heavy atom. The minimum atomic E-state index is -0.281. The van der Waals surface area contributed by atoms with Gasteiger partial charge in [0.05, 0.1) is 12.5 Å².